The highest BCUT2D eigenvalue weighted by Gasteiger charge is 2.30. The van der Waals surface area contributed by atoms with Gasteiger partial charge in [0.25, 0.3) is 0 Å². The number of phosphoric ester groups is 2. The standard InChI is InChI=1S/C66H128O17P2/c1-8-9-10-11-12-13-15-19-26-33-40-47-63(68)76-53-61(82-65(70)49-42-35-27-20-17-14-16-18-23-30-37-44-57(2)3)55-80-84(72,73)78-51-60(67)52-79-85(74,75)81-56-62(83-66(71)50-43-36-29-22-25-32-39-46-59(6)7)54-77-64(69)48-41-34-28-21-24-31-38-45-58(4)5/h57-62,67H,8-56H2,1-7H3,(H,72,73)(H,74,75)/t60-,61-,62-/m1/s1. The van der Waals surface area contributed by atoms with Crippen molar-refractivity contribution in [2.24, 2.45) is 17.8 Å². The van der Waals surface area contributed by atoms with Crippen LogP contribution in [0.4, 0.5) is 0 Å². The van der Waals surface area contributed by atoms with Crippen LogP contribution in [-0.4, -0.2) is 96.7 Å². The number of aliphatic hydroxyl groups excluding tert-OH is 1. The van der Waals surface area contributed by atoms with E-state index < -0.39 is 97.5 Å². The lowest BCUT2D eigenvalue weighted by molar-refractivity contribution is -0.161. The molecular weight excluding hydrogens is 1130 g/mol. The molecule has 19 heteroatoms. The summed E-state index contributed by atoms with van der Waals surface area (Å²) in [6, 6.07) is 0. The zero-order valence-corrected chi connectivity index (χ0v) is 56.9. The molecule has 85 heavy (non-hydrogen) atoms. The van der Waals surface area contributed by atoms with Gasteiger partial charge in [-0.1, -0.05) is 273 Å². The van der Waals surface area contributed by atoms with E-state index in [0.717, 1.165) is 102 Å². The molecule has 0 saturated heterocycles. The number of hydrogen-bond acceptors (Lipinski definition) is 15. The number of rotatable bonds is 64. The average molecular weight is 1260 g/mol. The van der Waals surface area contributed by atoms with Crippen molar-refractivity contribution in [3.63, 3.8) is 0 Å². The van der Waals surface area contributed by atoms with E-state index in [4.69, 9.17) is 37.0 Å². The molecule has 5 atom stereocenters. The molecule has 0 aromatic carbocycles. The van der Waals surface area contributed by atoms with E-state index in [1.807, 2.05) is 0 Å². The van der Waals surface area contributed by atoms with Crippen molar-refractivity contribution in [1.82, 2.24) is 0 Å². The Labute approximate surface area is 517 Å². The number of unbranched alkanes of at least 4 members (excludes halogenated alkanes) is 32. The molecule has 0 aromatic rings. The van der Waals surface area contributed by atoms with Crippen LogP contribution in [0.3, 0.4) is 0 Å². The highest BCUT2D eigenvalue weighted by Crippen LogP contribution is 2.45. The Morgan fingerprint density at radius 2 is 0.541 bits per heavy atom. The number of ether oxygens (including phenoxy) is 4. The number of carbonyl (C=O) groups is 4. The third kappa shape index (κ3) is 60.7. The summed E-state index contributed by atoms with van der Waals surface area (Å²) in [4.78, 5) is 72.3. The Hall–Kier alpha value is -1.94. The van der Waals surface area contributed by atoms with Gasteiger partial charge in [0.1, 0.15) is 19.3 Å². The van der Waals surface area contributed by atoms with Crippen LogP contribution in [-0.2, 0) is 65.4 Å². The van der Waals surface area contributed by atoms with Crippen molar-refractivity contribution >= 4 is 39.5 Å². The fraction of sp³-hybridized carbons (Fsp3) is 0.939. The number of phosphoric acid groups is 2. The maximum absolute atomic E-state index is 13.0. The summed E-state index contributed by atoms with van der Waals surface area (Å²) in [5.74, 6) is 0.0316. The fourth-order valence-corrected chi connectivity index (χ4v) is 11.4. The Kier molecular flexibility index (Phi) is 55.9. The van der Waals surface area contributed by atoms with E-state index in [-0.39, 0.29) is 25.7 Å². The maximum Gasteiger partial charge on any atom is 0.472 e. The van der Waals surface area contributed by atoms with Crippen molar-refractivity contribution in [1.29, 1.82) is 0 Å². The molecule has 0 radical (unpaired) electrons. The predicted molar refractivity (Wildman–Crippen MR) is 340 cm³/mol. The summed E-state index contributed by atoms with van der Waals surface area (Å²) in [7, 11) is -9.89. The average Bonchev–Trinajstić information content (AvgIpc) is 3.58. The van der Waals surface area contributed by atoms with E-state index in [2.05, 4.69) is 48.5 Å². The first-order valence-electron chi connectivity index (χ1n) is 34.3. The lowest BCUT2D eigenvalue weighted by Crippen LogP contribution is -2.30. The highest BCUT2D eigenvalue weighted by atomic mass is 31.2. The zero-order valence-electron chi connectivity index (χ0n) is 55.1. The van der Waals surface area contributed by atoms with E-state index >= 15 is 0 Å². The van der Waals surface area contributed by atoms with Gasteiger partial charge >= 0.3 is 39.5 Å². The van der Waals surface area contributed by atoms with Crippen LogP contribution in [0, 0.1) is 17.8 Å². The van der Waals surface area contributed by atoms with E-state index in [9.17, 15) is 43.2 Å². The SMILES string of the molecule is CCCCCCCCCCCCCC(=O)OC[C@H](COP(=O)(O)OC[C@@H](O)COP(=O)(O)OC[C@@H](COC(=O)CCCCCCCCCC(C)C)OC(=O)CCCCCCCCCC(C)C)OC(=O)CCCCCCCCCCCCCC(C)C. The molecule has 0 amide bonds. The van der Waals surface area contributed by atoms with Crippen molar-refractivity contribution in [3.05, 3.63) is 0 Å². The first kappa shape index (κ1) is 83.1. The minimum Gasteiger partial charge on any atom is -0.462 e. The van der Waals surface area contributed by atoms with E-state index in [1.165, 1.54) is 128 Å². The van der Waals surface area contributed by atoms with Gasteiger partial charge < -0.3 is 33.8 Å². The Bertz CT molecular complexity index is 1680. The molecule has 504 valence electrons. The lowest BCUT2D eigenvalue weighted by Gasteiger charge is -2.21. The van der Waals surface area contributed by atoms with Gasteiger partial charge in [-0.05, 0) is 43.4 Å². The normalized spacial score (nSPS) is 14.3. The van der Waals surface area contributed by atoms with Crippen molar-refractivity contribution in [2.75, 3.05) is 39.6 Å². The Balaban J connectivity index is 5.25. The maximum atomic E-state index is 13.0. The van der Waals surface area contributed by atoms with E-state index in [0.29, 0.717) is 37.5 Å². The van der Waals surface area contributed by atoms with Gasteiger partial charge in [0, 0.05) is 25.7 Å². The summed E-state index contributed by atoms with van der Waals surface area (Å²) < 4.78 is 68.1. The van der Waals surface area contributed by atoms with Crippen molar-refractivity contribution < 1.29 is 80.2 Å². The largest absolute Gasteiger partial charge is 0.472 e. The van der Waals surface area contributed by atoms with Crippen LogP contribution >= 0.6 is 15.6 Å². The van der Waals surface area contributed by atoms with Gasteiger partial charge in [-0.2, -0.15) is 0 Å². The summed E-state index contributed by atoms with van der Waals surface area (Å²) in [5.41, 5.74) is 0. The molecule has 0 fully saturated rings. The van der Waals surface area contributed by atoms with Gasteiger partial charge in [0.2, 0.25) is 0 Å². The molecular formula is C66H128O17P2. The zero-order chi connectivity index (χ0) is 63.1. The summed E-state index contributed by atoms with van der Waals surface area (Å²) >= 11 is 0. The highest BCUT2D eigenvalue weighted by molar-refractivity contribution is 7.47. The second-order valence-electron chi connectivity index (χ2n) is 25.3. The second-order valence-corrected chi connectivity index (χ2v) is 28.2. The quantitative estimate of drug-likeness (QED) is 0.0222. The predicted octanol–water partition coefficient (Wildman–Crippen LogP) is 18.3. The Morgan fingerprint density at radius 3 is 0.800 bits per heavy atom. The molecule has 0 heterocycles. The van der Waals surface area contributed by atoms with Gasteiger partial charge in [0.05, 0.1) is 26.4 Å². The van der Waals surface area contributed by atoms with Gasteiger partial charge in [-0.3, -0.25) is 37.3 Å². The van der Waals surface area contributed by atoms with Crippen molar-refractivity contribution in [3.8, 4) is 0 Å². The number of carbonyl (C=O) groups excluding carboxylic acids is 4. The molecule has 3 N–H and O–H groups in total. The molecule has 2 unspecified atom stereocenters. The number of esters is 4. The minimum absolute atomic E-state index is 0.102. The van der Waals surface area contributed by atoms with E-state index in [1.54, 1.807) is 0 Å². The fourth-order valence-electron chi connectivity index (χ4n) is 9.83. The first-order chi connectivity index (χ1) is 40.7. The van der Waals surface area contributed by atoms with Gasteiger partial charge in [-0.15, -0.1) is 0 Å². The molecule has 0 aliphatic heterocycles. The topological polar surface area (TPSA) is 237 Å². The second kappa shape index (κ2) is 57.2. The van der Waals surface area contributed by atoms with Crippen LogP contribution in [0.5, 0.6) is 0 Å². The summed E-state index contributed by atoms with van der Waals surface area (Å²) in [5, 5.41) is 10.5. The third-order valence-corrected chi connectivity index (χ3v) is 17.0. The number of aliphatic hydroxyl groups is 1. The van der Waals surface area contributed by atoms with Crippen LogP contribution in [0.25, 0.3) is 0 Å². The molecule has 0 rings (SSSR count). The van der Waals surface area contributed by atoms with Gasteiger partial charge in [-0.25, -0.2) is 9.13 Å². The minimum atomic E-state index is -4.95. The molecule has 0 spiro atoms. The molecule has 0 aliphatic carbocycles. The molecule has 17 nitrogen and oxygen atoms in total. The van der Waals surface area contributed by atoms with Crippen molar-refractivity contribution in [2.45, 2.75) is 343 Å². The molecule has 0 aliphatic rings. The number of hydrogen-bond donors (Lipinski definition) is 3. The summed E-state index contributed by atoms with van der Waals surface area (Å²) in [6.07, 6.45) is 39.0. The van der Waals surface area contributed by atoms with Crippen LogP contribution in [0.15, 0.2) is 0 Å². The monoisotopic (exact) mass is 1250 g/mol. The lowest BCUT2D eigenvalue weighted by atomic mass is 10.0. The van der Waals surface area contributed by atoms with Crippen LogP contribution < -0.4 is 0 Å². The van der Waals surface area contributed by atoms with Gasteiger partial charge in [0.15, 0.2) is 12.2 Å². The molecule has 0 bridgehead atoms. The smallest absolute Gasteiger partial charge is 0.462 e. The molecule has 0 aromatic heterocycles. The molecule has 0 saturated carbocycles. The third-order valence-electron chi connectivity index (χ3n) is 15.1. The summed E-state index contributed by atoms with van der Waals surface area (Å²) in [6.45, 7) is 11.7. The van der Waals surface area contributed by atoms with Crippen LogP contribution in [0.1, 0.15) is 325 Å². The first-order valence-corrected chi connectivity index (χ1v) is 37.3. The van der Waals surface area contributed by atoms with Crippen LogP contribution in [0.2, 0.25) is 0 Å². The Morgan fingerprint density at radius 1 is 0.318 bits per heavy atom.